The van der Waals surface area contributed by atoms with Gasteiger partial charge in [-0.25, -0.2) is 14.5 Å². The van der Waals surface area contributed by atoms with E-state index in [-0.39, 0.29) is 17.1 Å². The largest absolute Gasteiger partial charge is 0.497 e. The van der Waals surface area contributed by atoms with E-state index in [9.17, 15) is 4.79 Å². The number of pyridine rings is 1. The standard InChI is InChI=1S/C26H23N5O3/c1-26(2)11-18(32)21-19(12-26)34-25-22(20(21)16-5-4-10-27-13-16)24-29-23(30-31(24)14-28-25)15-6-8-17(33-3)9-7-15/h4-10,13-14,20H,11-12H2,1-3H3/t20-/m1/s1. The van der Waals surface area contributed by atoms with Crippen molar-refractivity contribution in [3.8, 4) is 23.0 Å². The Bertz CT molecular complexity index is 1460. The molecule has 6 rings (SSSR count). The van der Waals surface area contributed by atoms with E-state index in [1.54, 1.807) is 30.3 Å². The summed E-state index contributed by atoms with van der Waals surface area (Å²) in [5.41, 5.74) is 3.58. The van der Waals surface area contributed by atoms with Gasteiger partial charge in [-0.15, -0.1) is 5.10 Å². The topological polar surface area (TPSA) is 91.5 Å². The lowest BCUT2D eigenvalue weighted by Gasteiger charge is -2.37. The zero-order valence-electron chi connectivity index (χ0n) is 19.1. The molecule has 0 spiro atoms. The first kappa shape index (κ1) is 20.5. The molecule has 0 fully saturated rings. The molecule has 1 aliphatic carbocycles. The van der Waals surface area contributed by atoms with Crippen molar-refractivity contribution in [2.75, 3.05) is 7.11 Å². The van der Waals surface area contributed by atoms with Crippen molar-refractivity contribution in [2.24, 2.45) is 5.41 Å². The molecule has 0 amide bonds. The lowest BCUT2D eigenvalue weighted by Crippen LogP contribution is -2.33. The van der Waals surface area contributed by atoms with Crippen molar-refractivity contribution in [1.29, 1.82) is 0 Å². The molecular weight excluding hydrogens is 430 g/mol. The van der Waals surface area contributed by atoms with Crippen LogP contribution in [0.25, 0.3) is 17.0 Å². The van der Waals surface area contributed by atoms with Crippen LogP contribution >= 0.6 is 0 Å². The molecular formula is C26H23N5O3. The van der Waals surface area contributed by atoms with E-state index in [4.69, 9.17) is 14.5 Å². The number of Topliss-reactive ketones (excluding diaryl/α,β-unsaturated/α-hetero) is 1. The van der Waals surface area contributed by atoms with Crippen LogP contribution in [0.15, 0.2) is 66.5 Å². The number of ether oxygens (including phenoxy) is 2. The summed E-state index contributed by atoms with van der Waals surface area (Å²) in [4.78, 5) is 27.2. The number of carbonyl (C=O) groups is 1. The SMILES string of the molecule is COc1ccc(-c2nc3c4c(ncn3n2)OC2=C(C(=O)CC(C)(C)C2)[C@H]4c2cccnc2)cc1. The Balaban J connectivity index is 1.56. The molecule has 1 aliphatic heterocycles. The van der Waals surface area contributed by atoms with E-state index in [1.165, 1.54) is 0 Å². The van der Waals surface area contributed by atoms with Crippen molar-refractivity contribution in [3.05, 3.63) is 77.6 Å². The third kappa shape index (κ3) is 3.25. The molecule has 0 saturated carbocycles. The Morgan fingerprint density at radius 2 is 1.97 bits per heavy atom. The molecule has 8 heteroatoms. The number of methoxy groups -OCH3 is 1. The highest BCUT2D eigenvalue weighted by Gasteiger charge is 2.44. The van der Waals surface area contributed by atoms with Crippen LogP contribution in [0, 0.1) is 5.41 Å². The van der Waals surface area contributed by atoms with E-state index >= 15 is 0 Å². The summed E-state index contributed by atoms with van der Waals surface area (Å²) in [5.74, 6) is 2.17. The third-order valence-corrected chi connectivity index (χ3v) is 6.43. The van der Waals surface area contributed by atoms with Gasteiger partial charge in [0.1, 0.15) is 17.8 Å². The summed E-state index contributed by atoms with van der Waals surface area (Å²) in [6.07, 6.45) is 6.25. The predicted molar refractivity (Wildman–Crippen MR) is 125 cm³/mol. The Hall–Kier alpha value is -4.07. The number of nitrogens with zero attached hydrogens (tertiary/aromatic N) is 5. The lowest BCUT2D eigenvalue weighted by molar-refractivity contribution is -0.118. The molecule has 3 aromatic heterocycles. The Morgan fingerprint density at radius 1 is 1.15 bits per heavy atom. The molecule has 0 saturated heterocycles. The van der Waals surface area contributed by atoms with E-state index in [0.29, 0.717) is 41.5 Å². The highest BCUT2D eigenvalue weighted by Crippen LogP contribution is 2.50. The second-order valence-corrected chi connectivity index (χ2v) is 9.49. The number of ketones is 1. The van der Waals surface area contributed by atoms with Crippen molar-refractivity contribution < 1.29 is 14.3 Å². The second kappa shape index (κ2) is 7.48. The molecule has 4 aromatic rings. The zero-order chi connectivity index (χ0) is 23.4. The van der Waals surface area contributed by atoms with Gasteiger partial charge >= 0.3 is 0 Å². The number of aromatic nitrogens is 5. The Labute approximate surface area is 196 Å². The fraction of sp³-hybridized carbons (Fsp3) is 0.269. The van der Waals surface area contributed by atoms with Gasteiger partial charge in [-0.3, -0.25) is 9.78 Å². The highest BCUT2D eigenvalue weighted by atomic mass is 16.5. The fourth-order valence-electron chi connectivity index (χ4n) is 4.89. The maximum absolute atomic E-state index is 13.4. The quantitative estimate of drug-likeness (QED) is 0.455. The number of hydrogen-bond acceptors (Lipinski definition) is 7. The van der Waals surface area contributed by atoms with Gasteiger partial charge in [-0.2, -0.15) is 0 Å². The minimum atomic E-state index is -0.375. The average molecular weight is 454 g/mol. The van der Waals surface area contributed by atoms with E-state index in [2.05, 4.69) is 28.9 Å². The van der Waals surface area contributed by atoms with Crippen LogP contribution in [0.3, 0.4) is 0 Å². The predicted octanol–water partition coefficient (Wildman–Crippen LogP) is 4.36. The highest BCUT2D eigenvalue weighted by molar-refractivity contribution is 6.00. The van der Waals surface area contributed by atoms with Gasteiger partial charge < -0.3 is 9.47 Å². The van der Waals surface area contributed by atoms with E-state index in [1.807, 2.05) is 36.4 Å². The maximum atomic E-state index is 13.4. The average Bonchev–Trinajstić information content (AvgIpc) is 3.27. The molecule has 1 atom stereocenters. The Morgan fingerprint density at radius 3 is 2.71 bits per heavy atom. The summed E-state index contributed by atoms with van der Waals surface area (Å²) in [6, 6.07) is 11.4. The summed E-state index contributed by atoms with van der Waals surface area (Å²) < 4.78 is 13.2. The van der Waals surface area contributed by atoms with Crippen molar-refractivity contribution >= 4 is 11.4 Å². The van der Waals surface area contributed by atoms with Gasteiger partial charge in [0.25, 0.3) is 0 Å². The number of allylic oxidation sites excluding steroid dienone is 2. The van der Waals surface area contributed by atoms with E-state index < -0.39 is 0 Å². The van der Waals surface area contributed by atoms with Crippen molar-refractivity contribution in [1.82, 2.24) is 24.6 Å². The van der Waals surface area contributed by atoms with Gasteiger partial charge in [-0.05, 0) is 41.3 Å². The molecule has 0 N–H and O–H groups in total. The first-order valence-corrected chi connectivity index (χ1v) is 11.2. The molecule has 4 heterocycles. The van der Waals surface area contributed by atoms with Crippen LogP contribution in [-0.4, -0.2) is 37.5 Å². The van der Waals surface area contributed by atoms with Crippen LogP contribution in [0.4, 0.5) is 0 Å². The number of carbonyl (C=O) groups excluding carboxylic acids is 1. The van der Waals surface area contributed by atoms with Crippen molar-refractivity contribution in [3.63, 3.8) is 0 Å². The summed E-state index contributed by atoms with van der Waals surface area (Å²) in [5, 5.41) is 4.65. The van der Waals surface area contributed by atoms with Gasteiger partial charge in [0, 0.05) is 36.4 Å². The van der Waals surface area contributed by atoms with Crippen LogP contribution in [-0.2, 0) is 4.79 Å². The minimum absolute atomic E-state index is 0.0858. The molecule has 8 nitrogen and oxygen atoms in total. The third-order valence-electron chi connectivity index (χ3n) is 6.43. The van der Waals surface area contributed by atoms with Crippen molar-refractivity contribution in [2.45, 2.75) is 32.6 Å². The summed E-state index contributed by atoms with van der Waals surface area (Å²) >= 11 is 0. The Kier molecular flexibility index (Phi) is 4.52. The first-order valence-electron chi connectivity index (χ1n) is 11.2. The first-order chi connectivity index (χ1) is 16.4. The van der Waals surface area contributed by atoms with Gasteiger partial charge in [-0.1, -0.05) is 19.9 Å². The molecule has 2 aliphatic rings. The molecule has 1 aromatic carbocycles. The molecule has 0 unspecified atom stereocenters. The summed E-state index contributed by atoms with van der Waals surface area (Å²) in [7, 11) is 1.63. The molecule has 34 heavy (non-hydrogen) atoms. The molecule has 0 bridgehead atoms. The second-order valence-electron chi connectivity index (χ2n) is 9.49. The van der Waals surface area contributed by atoms with Gasteiger partial charge in [0.05, 0.1) is 18.6 Å². The lowest BCUT2D eigenvalue weighted by atomic mass is 9.70. The smallest absolute Gasteiger partial charge is 0.228 e. The molecule has 170 valence electrons. The number of hydrogen-bond donors (Lipinski definition) is 0. The zero-order valence-corrected chi connectivity index (χ0v) is 19.1. The van der Waals surface area contributed by atoms with Crippen LogP contribution in [0.1, 0.15) is 43.7 Å². The van der Waals surface area contributed by atoms with Gasteiger partial charge in [0.2, 0.25) is 5.88 Å². The number of fused-ring (bicyclic) bond motifs is 3. The van der Waals surface area contributed by atoms with E-state index in [0.717, 1.165) is 22.4 Å². The van der Waals surface area contributed by atoms with Crippen LogP contribution < -0.4 is 9.47 Å². The monoisotopic (exact) mass is 453 g/mol. The molecule has 0 radical (unpaired) electrons. The number of benzene rings is 1. The maximum Gasteiger partial charge on any atom is 0.228 e. The summed E-state index contributed by atoms with van der Waals surface area (Å²) in [6.45, 7) is 4.17. The number of rotatable bonds is 3. The normalized spacial score (nSPS) is 18.9. The van der Waals surface area contributed by atoms with Gasteiger partial charge in [0.15, 0.2) is 17.3 Å². The fourth-order valence-corrected chi connectivity index (χ4v) is 4.89. The minimum Gasteiger partial charge on any atom is -0.497 e. The van der Waals surface area contributed by atoms with Crippen LogP contribution in [0.5, 0.6) is 11.6 Å². The van der Waals surface area contributed by atoms with Crippen LogP contribution in [0.2, 0.25) is 0 Å².